The molecule has 2 aliphatic heterocycles. The number of rotatable bonds is 7. The lowest BCUT2D eigenvalue weighted by Crippen LogP contribution is -2.48. The van der Waals surface area contributed by atoms with E-state index >= 15 is 0 Å². The SMILES string of the molecule is C=CC(=O)N1CCN(c2c(C#N)c(OCC3CCCN3C)nc3c(Oc4c(Cl)c(C)cc5[nH]ncc45)cccc23)CC1. The number of aromatic amines is 1. The number of likely N-dealkylation sites (N-methyl/N-ethyl adjacent to an activating group) is 1. The maximum Gasteiger partial charge on any atom is 0.246 e. The minimum atomic E-state index is -0.101. The molecule has 0 saturated carbocycles. The highest BCUT2D eigenvalue weighted by Gasteiger charge is 2.29. The summed E-state index contributed by atoms with van der Waals surface area (Å²) >= 11 is 6.74. The van der Waals surface area contributed by atoms with Gasteiger partial charge in [-0.1, -0.05) is 30.3 Å². The predicted molar refractivity (Wildman–Crippen MR) is 163 cm³/mol. The lowest BCUT2D eigenvalue weighted by molar-refractivity contribution is -0.126. The number of nitrogens with zero attached hydrogens (tertiary/aromatic N) is 6. The van der Waals surface area contributed by atoms with E-state index in [0.717, 1.165) is 46.9 Å². The van der Waals surface area contributed by atoms with Crippen LogP contribution in [0.3, 0.4) is 0 Å². The third kappa shape index (κ3) is 4.99. The summed E-state index contributed by atoms with van der Waals surface area (Å²) in [5, 5.41) is 19.6. The molecule has 1 atom stereocenters. The van der Waals surface area contributed by atoms with Gasteiger partial charge in [0.1, 0.15) is 23.8 Å². The molecule has 0 bridgehead atoms. The van der Waals surface area contributed by atoms with Gasteiger partial charge in [0.15, 0.2) is 11.5 Å². The number of carbonyl (C=O) groups excluding carboxylic acids is 1. The van der Waals surface area contributed by atoms with Crippen LogP contribution in [-0.4, -0.2) is 83.3 Å². The molecule has 2 fully saturated rings. The number of anilines is 1. The molecule has 2 aromatic heterocycles. The molecule has 4 heterocycles. The number of para-hydroxylation sites is 1. The number of aryl methyl sites for hydroxylation is 1. The number of nitrogens with one attached hydrogen (secondary N) is 1. The van der Waals surface area contributed by atoms with Crippen LogP contribution in [0.4, 0.5) is 5.69 Å². The minimum Gasteiger partial charge on any atom is -0.475 e. The Labute approximate surface area is 249 Å². The van der Waals surface area contributed by atoms with Gasteiger partial charge in [-0.3, -0.25) is 9.89 Å². The first kappa shape index (κ1) is 27.8. The van der Waals surface area contributed by atoms with Crippen LogP contribution >= 0.6 is 11.6 Å². The fraction of sp³-hybridized carbons (Fsp3) is 0.355. The van der Waals surface area contributed by atoms with Crippen molar-refractivity contribution in [2.75, 3.05) is 51.3 Å². The number of ether oxygens (including phenoxy) is 2. The van der Waals surface area contributed by atoms with Crippen molar-refractivity contribution < 1.29 is 14.3 Å². The summed E-state index contributed by atoms with van der Waals surface area (Å²) in [6, 6.07) is 10.2. The van der Waals surface area contributed by atoms with Crippen LogP contribution in [0.15, 0.2) is 43.1 Å². The molecule has 1 amide bonds. The summed E-state index contributed by atoms with van der Waals surface area (Å²) in [7, 11) is 2.09. The molecule has 2 aromatic carbocycles. The Morgan fingerprint density at radius 2 is 2.07 bits per heavy atom. The number of pyridine rings is 1. The Bertz CT molecular complexity index is 1720. The number of halogens is 1. The molecule has 216 valence electrons. The number of nitriles is 1. The second-order valence-corrected chi connectivity index (χ2v) is 11.2. The third-order valence-corrected chi connectivity index (χ3v) is 8.70. The van der Waals surface area contributed by atoms with Crippen LogP contribution in [0, 0.1) is 18.3 Å². The molecule has 1 N–H and O–H groups in total. The number of piperazine rings is 1. The maximum absolute atomic E-state index is 12.2. The molecule has 10 nitrogen and oxygen atoms in total. The fourth-order valence-corrected chi connectivity index (χ4v) is 6.05. The van der Waals surface area contributed by atoms with Crippen molar-refractivity contribution in [3.05, 3.63) is 59.3 Å². The number of benzene rings is 2. The molecule has 4 aromatic rings. The molecule has 11 heteroatoms. The third-order valence-electron chi connectivity index (χ3n) is 8.23. The topological polar surface area (TPSA) is 111 Å². The van der Waals surface area contributed by atoms with Crippen molar-refractivity contribution >= 4 is 45.0 Å². The first-order valence-electron chi connectivity index (χ1n) is 14.1. The molecular formula is C31H32ClN7O3. The molecule has 0 aliphatic carbocycles. The molecular weight excluding hydrogens is 554 g/mol. The lowest BCUT2D eigenvalue weighted by Gasteiger charge is -2.36. The van der Waals surface area contributed by atoms with E-state index in [4.69, 9.17) is 26.1 Å². The van der Waals surface area contributed by atoms with E-state index in [0.29, 0.717) is 60.4 Å². The Morgan fingerprint density at radius 3 is 2.79 bits per heavy atom. The molecule has 2 aliphatic rings. The number of hydrogen-bond acceptors (Lipinski definition) is 8. The Kier molecular flexibility index (Phi) is 7.62. The van der Waals surface area contributed by atoms with E-state index in [1.54, 1.807) is 11.1 Å². The molecule has 1 unspecified atom stereocenters. The first-order chi connectivity index (χ1) is 20.4. The van der Waals surface area contributed by atoms with Crippen molar-refractivity contribution in [1.29, 1.82) is 5.26 Å². The van der Waals surface area contributed by atoms with Crippen LogP contribution in [0.1, 0.15) is 24.0 Å². The summed E-state index contributed by atoms with van der Waals surface area (Å²) < 4.78 is 12.8. The minimum absolute atomic E-state index is 0.101. The Hall–Kier alpha value is -4.33. The van der Waals surface area contributed by atoms with E-state index in [-0.39, 0.29) is 17.8 Å². The molecule has 42 heavy (non-hydrogen) atoms. The number of aromatic nitrogens is 3. The van der Waals surface area contributed by atoms with Crippen LogP contribution in [-0.2, 0) is 4.79 Å². The number of fused-ring (bicyclic) bond motifs is 2. The van der Waals surface area contributed by atoms with Gasteiger partial charge in [0.2, 0.25) is 11.8 Å². The van der Waals surface area contributed by atoms with Crippen molar-refractivity contribution in [2.45, 2.75) is 25.8 Å². The summed E-state index contributed by atoms with van der Waals surface area (Å²) in [5.41, 5.74) is 3.30. The van der Waals surface area contributed by atoms with Gasteiger partial charge in [0, 0.05) is 37.6 Å². The quantitative estimate of drug-likeness (QED) is 0.300. The molecule has 0 spiro atoms. The van der Waals surface area contributed by atoms with E-state index in [2.05, 4.69) is 39.7 Å². The summed E-state index contributed by atoms with van der Waals surface area (Å²) in [4.78, 5) is 23.3. The van der Waals surface area contributed by atoms with Crippen LogP contribution in [0.5, 0.6) is 17.4 Å². The number of likely N-dealkylation sites (tertiary alicyclic amines) is 1. The molecule has 0 radical (unpaired) electrons. The van der Waals surface area contributed by atoms with Crippen LogP contribution in [0.2, 0.25) is 5.02 Å². The fourth-order valence-electron chi connectivity index (χ4n) is 5.86. The predicted octanol–water partition coefficient (Wildman–Crippen LogP) is 5.04. The zero-order chi connectivity index (χ0) is 29.4. The average molecular weight is 586 g/mol. The lowest BCUT2D eigenvalue weighted by atomic mass is 10.1. The van der Waals surface area contributed by atoms with Crippen molar-refractivity contribution in [3.63, 3.8) is 0 Å². The monoisotopic (exact) mass is 585 g/mol. The van der Waals surface area contributed by atoms with Gasteiger partial charge in [-0.25, -0.2) is 4.98 Å². The van der Waals surface area contributed by atoms with Gasteiger partial charge in [-0.05, 0) is 57.1 Å². The van der Waals surface area contributed by atoms with Crippen LogP contribution < -0.4 is 14.4 Å². The summed E-state index contributed by atoms with van der Waals surface area (Å²) in [5.74, 6) is 1.13. The van der Waals surface area contributed by atoms with Gasteiger partial charge in [-0.15, -0.1) is 0 Å². The summed E-state index contributed by atoms with van der Waals surface area (Å²) in [6.45, 7) is 9.08. The maximum atomic E-state index is 12.2. The highest BCUT2D eigenvalue weighted by molar-refractivity contribution is 6.34. The van der Waals surface area contributed by atoms with Gasteiger partial charge in [0.25, 0.3) is 0 Å². The standard InChI is InChI=1S/C31H32ClN7O3/c1-4-26(40)38-11-13-39(14-12-38)29-21-8-5-9-25(42-30-23-17-34-36-24(23)15-19(2)27(30)32)28(21)35-31(22(29)16-33)41-18-20-7-6-10-37(20)3/h4-5,8-9,15,17,20H,1,6-7,10-14,18H2,2-3H3,(H,34,36). The highest BCUT2D eigenvalue weighted by Crippen LogP contribution is 2.43. The molecule has 2 saturated heterocycles. The number of amides is 1. The normalized spacial score (nSPS) is 17.5. The Balaban J connectivity index is 1.47. The van der Waals surface area contributed by atoms with E-state index < -0.39 is 0 Å². The largest absolute Gasteiger partial charge is 0.475 e. The summed E-state index contributed by atoms with van der Waals surface area (Å²) in [6.07, 6.45) is 5.15. The molecule has 6 rings (SSSR count). The number of hydrogen-bond donors (Lipinski definition) is 1. The van der Waals surface area contributed by atoms with Gasteiger partial charge in [-0.2, -0.15) is 10.4 Å². The highest BCUT2D eigenvalue weighted by atomic mass is 35.5. The second kappa shape index (κ2) is 11.5. The smallest absolute Gasteiger partial charge is 0.246 e. The second-order valence-electron chi connectivity index (χ2n) is 10.8. The van der Waals surface area contributed by atoms with Gasteiger partial charge >= 0.3 is 0 Å². The number of carbonyl (C=O) groups is 1. The van der Waals surface area contributed by atoms with E-state index in [9.17, 15) is 10.1 Å². The number of H-pyrrole nitrogens is 1. The van der Waals surface area contributed by atoms with Crippen molar-refractivity contribution in [2.24, 2.45) is 0 Å². The zero-order valence-electron chi connectivity index (χ0n) is 23.7. The van der Waals surface area contributed by atoms with Gasteiger partial charge in [0.05, 0.1) is 27.8 Å². The van der Waals surface area contributed by atoms with Crippen molar-refractivity contribution in [1.82, 2.24) is 25.0 Å². The van der Waals surface area contributed by atoms with Crippen molar-refractivity contribution in [3.8, 4) is 23.4 Å². The van der Waals surface area contributed by atoms with Gasteiger partial charge < -0.3 is 24.2 Å². The zero-order valence-corrected chi connectivity index (χ0v) is 24.4. The van der Waals surface area contributed by atoms with E-state index in [1.165, 1.54) is 6.08 Å². The Morgan fingerprint density at radius 1 is 1.26 bits per heavy atom. The van der Waals surface area contributed by atoms with E-state index in [1.807, 2.05) is 31.2 Å². The van der Waals surface area contributed by atoms with Crippen LogP contribution in [0.25, 0.3) is 21.8 Å². The average Bonchev–Trinajstić information content (AvgIpc) is 3.65. The first-order valence-corrected chi connectivity index (χ1v) is 14.4.